The number of ether oxygens (including phenoxy) is 3. The summed E-state index contributed by atoms with van der Waals surface area (Å²) >= 11 is 0. The average molecular weight is 385 g/mol. The third kappa shape index (κ3) is 5.09. The van der Waals surface area contributed by atoms with E-state index in [0.717, 1.165) is 0 Å². The molecule has 0 saturated carbocycles. The number of hydrogen-bond donors (Lipinski definition) is 0. The molecule has 7 nitrogen and oxygen atoms in total. The molecule has 0 heterocycles. The van der Waals surface area contributed by atoms with Gasteiger partial charge in [-0.15, -0.1) is 0 Å². The van der Waals surface area contributed by atoms with Crippen LogP contribution in [0.4, 0.5) is 5.69 Å². The summed E-state index contributed by atoms with van der Waals surface area (Å²) < 4.78 is 15.0. The van der Waals surface area contributed by atoms with Crippen LogP contribution in [0.5, 0.6) is 5.75 Å². The Balaban J connectivity index is 2.51. The van der Waals surface area contributed by atoms with Crippen LogP contribution >= 0.6 is 0 Å². The van der Waals surface area contributed by atoms with E-state index in [2.05, 4.69) is 0 Å². The van der Waals surface area contributed by atoms with E-state index in [1.807, 2.05) is 0 Å². The fourth-order valence-corrected chi connectivity index (χ4v) is 2.74. The van der Waals surface area contributed by atoms with Gasteiger partial charge < -0.3 is 14.2 Å². The molecule has 0 bridgehead atoms. The van der Waals surface area contributed by atoms with Gasteiger partial charge >= 0.3 is 11.9 Å². The normalized spacial score (nSPS) is 11.2. The van der Waals surface area contributed by atoms with Crippen LogP contribution < -0.4 is 9.64 Å². The second-order valence-electron chi connectivity index (χ2n) is 5.78. The van der Waals surface area contributed by atoms with E-state index >= 15 is 0 Å². The minimum atomic E-state index is -1.05. The van der Waals surface area contributed by atoms with Gasteiger partial charge in [0.15, 0.2) is 6.04 Å². The second kappa shape index (κ2) is 10.1. The van der Waals surface area contributed by atoms with Crippen LogP contribution in [0.2, 0.25) is 0 Å². The number of nitrogens with zero attached hydrogens (tertiary/aromatic N) is 1. The average Bonchev–Trinajstić information content (AvgIpc) is 2.72. The van der Waals surface area contributed by atoms with Gasteiger partial charge in [0.1, 0.15) is 12.2 Å². The number of anilines is 1. The van der Waals surface area contributed by atoms with Gasteiger partial charge in [0.2, 0.25) is 5.91 Å². The highest BCUT2D eigenvalue weighted by Crippen LogP contribution is 2.30. The van der Waals surface area contributed by atoms with E-state index < -0.39 is 30.3 Å². The van der Waals surface area contributed by atoms with Crippen molar-refractivity contribution < 1.29 is 28.6 Å². The van der Waals surface area contributed by atoms with Crippen LogP contribution in [-0.4, -0.2) is 38.7 Å². The molecule has 0 saturated heterocycles. The Morgan fingerprint density at radius 3 is 2.14 bits per heavy atom. The van der Waals surface area contributed by atoms with E-state index in [4.69, 9.17) is 14.2 Å². The van der Waals surface area contributed by atoms with Crippen molar-refractivity contribution in [1.82, 2.24) is 0 Å². The Kier molecular flexibility index (Phi) is 7.56. The lowest BCUT2D eigenvalue weighted by Gasteiger charge is -2.30. The van der Waals surface area contributed by atoms with Gasteiger partial charge in [-0.2, -0.15) is 0 Å². The Morgan fingerprint density at radius 2 is 1.61 bits per heavy atom. The van der Waals surface area contributed by atoms with Gasteiger partial charge in [-0.25, -0.2) is 4.79 Å². The number of benzene rings is 2. The molecule has 0 N–H and O–H groups in total. The van der Waals surface area contributed by atoms with Gasteiger partial charge in [-0.3, -0.25) is 14.5 Å². The highest BCUT2D eigenvalue weighted by Gasteiger charge is 2.34. The number of rotatable bonds is 8. The van der Waals surface area contributed by atoms with Crippen molar-refractivity contribution in [3.63, 3.8) is 0 Å². The molecular formula is C21H23NO6. The molecular weight excluding hydrogens is 362 g/mol. The van der Waals surface area contributed by atoms with Gasteiger partial charge in [-0.1, -0.05) is 30.3 Å². The van der Waals surface area contributed by atoms with Gasteiger partial charge in [0.05, 0.1) is 20.8 Å². The van der Waals surface area contributed by atoms with Crippen LogP contribution in [0.15, 0.2) is 54.6 Å². The molecule has 0 fully saturated rings. The summed E-state index contributed by atoms with van der Waals surface area (Å²) in [5.74, 6) is -1.28. The summed E-state index contributed by atoms with van der Waals surface area (Å²) in [4.78, 5) is 38.7. The fraction of sp³-hybridized carbons (Fsp3) is 0.286. The van der Waals surface area contributed by atoms with Gasteiger partial charge in [-0.05, 0) is 36.8 Å². The zero-order valence-corrected chi connectivity index (χ0v) is 16.1. The van der Waals surface area contributed by atoms with Crippen molar-refractivity contribution >= 4 is 23.5 Å². The zero-order valence-electron chi connectivity index (χ0n) is 16.1. The van der Waals surface area contributed by atoms with E-state index in [-0.39, 0.29) is 6.61 Å². The largest absolute Gasteiger partial charge is 0.497 e. The summed E-state index contributed by atoms with van der Waals surface area (Å²) in [6.07, 6.45) is -0.500. The van der Waals surface area contributed by atoms with E-state index in [1.165, 1.54) is 19.1 Å². The van der Waals surface area contributed by atoms with Crippen LogP contribution in [0.1, 0.15) is 24.9 Å². The maximum atomic E-state index is 13.0. The van der Waals surface area contributed by atoms with Crippen molar-refractivity contribution in [3.05, 3.63) is 60.2 Å². The van der Waals surface area contributed by atoms with Gasteiger partial charge in [0, 0.05) is 5.69 Å². The first-order valence-electron chi connectivity index (χ1n) is 8.76. The molecule has 0 aliphatic heterocycles. The molecule has 0 aliphatic carbocycles. The highest BCUT2D eigenvalue weighted by molar-refractivity contribution is 6.06. The van der Waals surface area contributed by atoms with Crippen LogP contribution in [0.3, 0.4) is 0 Å². The van der Waals surface area contributed by atoms with Crippen molar-refractivity contribution in [2.24, 2.45) is 0 Å². The summed E-state index contributed by atoms with van der Waals surface area (Å²) in [7, 11) is 2.78. The number of carbonyl (C=O) groups is 3. The molecule has 1 atom stereocenters. The third-order valence-electron chi connectivity index (χ3n) is 4.02. The van der Waals surface area contributed by atoms with E-state index in [9.17, 15) is 14.4 Å². The first kappa shape index (κ1) is 21.0. The monoisotopic (exact) mass is 385 g/mol. The quantitative estimate of drug-likeness (QED) is 0.513. The lowest BCUT2D eigenvalue weighted by molar-refractivity contribution is -0.148. The van der Waals surface area contributed by atoms with Crippen molar-refractivity contribution in [2.45, 2.75) is 19.4 Å². The van der Waals surface area contributed by atoms with Crippen molar-refractivity contribution in [3.8, 4) is 5.75 Å². The van der Waals surface area contributed by atoms with E-state index in [1.54, 1.807) is 61.5 Å². The van der Waals surface area contributed by atoms with Crippen LogP contribution in [0, 0.1) is 0 Å². The predicted molar refractivity (Wildman–Crippen MR) is 103 cm³/mol. The fourth-order valence-electron chi connectivity index (χ4n) is 2.74. The molecule has 0 aromatic heterocycles. The van der Waals surface area contributed by atoms with Crippen molar-refractivity contribution in [2.75, 3.05) is 25.7 Å². The highest BCUT2D eigenvalue weighted by atomic mass is 16.5. The summed E-state index contributed by atoms with van der Waals surface area (Å²) in [5.41, 5.74) is 0.983. The number of methoxy groups -OCH3 is 2. The Hall–Kier alpha value is -3.35. The Bertz CT molecular complexity index is 803. The number of hydrogen-bond acceptors (Lipinski definition) is 6. The molecule has 1 unspecified atom stereocenters. The number of carbonyl (C=O) groups excluding carboxylic acids is 3. The first-order chi connectivity index (χ1) is 13.5. The minimum Gasteiger partial charge on any atom is -0.497 e. The standard InChI is InChI=1S/C21H23NO6/c1-4-28-19(24)14-18(23)22(16-10-12-17(26-2)13-11-16)20(21(25)27-3)15-8-6-5-7-9-15/h5-13,20H,4,14H2,1-3H3. The lowest BCUT2D eigenvalue weighted by atomic mass is 10.0. The van der Waals surface area contributed by atoms with Gasteiger partial charge in [0.25, 0.3) is 0 Å². The lowest BCUT2D eigenvalue weighted by Crippen LogP contribution is -2.40. The van der Waals surface area contributed by atoms with Crippen LogP contribution in [0.25, 0.3) is 0 Å². The minimum absolute atomic E-state index is 0.160. The number of amides is 1. The molecule has 148 valence electrons. The van der Waals surface area contributed by atoms with Crippen molar-refractivity contribution in [1.29, 1.82) is 0 Å². The maximum absolute atomic E-state index is 13.0. The smallest absolute Gasteiger partial charge is 0.333 e. The molecule has 0 radical (unpaired) electrons. The Morgan fingerprint density at radius 1 is 0.964 bits per heavy atom. The van der Waals surface area contributed by atoms with E-state index in [0.29, 0.717) is 17.0 Å². The summed E-state index contributed by atoms with van der Waals surface area (Å²) in [6.45, 7) is 1.82. The topological polar surface area (TPSA) is 82.1 Å². The van der Waals surface area contributed by atoms with Crippen LogP contribution in [-0.2, 0) is 23.9 Å². The molecule has 2 aromatic carbocycles. The molecule has 0 spiro atoms. The summed E-state index contributed by atoms with van der Waals surface area (Å²) in [6, 6.07) is 14.3. The molecule has 2 aromatic rings. The summed E-state index contributed by atoms with van der Waals surface area (Å²) in [5, 5.41) is 0. The first-order valence-corrected chi connectivity index (χ1v) is 8.76. The third-order valence-corrected chi connectivity index (χ3v) is 4.02. The zero-order chi connectivity index (χ0) is 20.5. The number of esters is 2. The molecule has 1 amide bonds. The molecule has 2 rings (SSSR count). The molecule has 28 heavy (non-hydrogen) atoms. The molecule has 7 heteroatoms. The molecule has 0 aliphatic rings. The second-order valence-corrected chi connectivity index (χ2v) is 5.78. The predicted octanol–water partition coefficient (Wildman–Crippen LogP) is 2.90. The SMILES string of the molecule is CCOC(=O)CC(=O)N(c1ccc(OC)cc1)C(C(=O)OC)c1ccccc1. The Labute approximate surface area is 163 Å². The maximum Gasteiger partial charge on any atom is 0.333 e.